The summed E-state index contributed by atoms with van der Waals surface area (Å²) >= 11 is 0. The molecule has 0 saturated carbocycles. The van der Waals surface area contributed by atoms with Crippen LogP contribution in [-0.4, -0.2) is 36.2 Å². The van der Waals surface area contributed by atoms with Crippen LogP contribution in [0.4, 0.5) is 17.1 Å². The molecular weight excluding hydrogens is 448 g/mol. The van der Waals surface area contributed by atoms with E-state index in [1.54, 1.807) is 0 Å². The normalized spacial score (nSPS) is 17.6. The number of carbonyl (C=O) groups excluding carboxylic acids is 1. The molecule has 180 valence electrons. The van der Waals surface area contributed by atoms with Crippen LogP contribution in [0.15, 0.2) is 72.9 Å². The van der Waals surface area contributed by atoms with Crippen LogP contribution in [0.5, 0.6) is 0 Å². The second-order valence-electron chi connectivity index (χ2n) is 9.30. The smallest absolute Gasteiger partial charge is 0.221 e. The Balaban J connectivity index is 1.57. The molecule has 0 spiro atoms. The highest BCUT2D eigenvalue weighted by atomic mass is 16.5. The summed E-state index contributed by atoms with van der Waals surface area (Å²) in [5.74, 6) is -0.136. The molecule has 1 saturated heterocycles. The van der Waals surface area contributed by atoms with Gasteiger partial charge in [0.05, 0.1) is 30.0 Å². The Bertz CT molecular complexity index is 1450. The Hall–Kier alpha value is -4.21. The number of rotatable bonds is 4. The van der Waals surface area contributed by atoms with Crippen molar-refractivity contribution in [1.29, 1.82) is 0 Å². The van der Waals surface area contributed by atoms with E-state index in [0.29, 0.717) is 5.69 Å². The van der Waals surface area contributed by atoms with E-state index in [1.807, 2.05) is 48.7 Å². The maximum absolute atomic E-state index is 12.2. The van der Waals surface area contributed by atoms with E-state index in [2.05, 4.69) is 53.2 Å². The van der Waals surface area contributed by atoms with Crippen molar-refractivity contribution < 1.29 is 9.53 Å². The van der Waals surface area contributed by atoms with Gasteiger partial charge in [0.1, 0.15) is 0 Å². The average Bonchev–Trinajstić information content (AvgIpc) is 2.88. The van der Waals surface area contributed by atoms with Crippen molar-refractivity contribution in [2.45, 2.75) is 33.0 Å². The molecule has 0 unspecified atom stereocenters. The van der Waals surface area contributed by atoms with E-state index < -0.39 is 0 Å². The standard InChI is InChI=1S/C30H28N4O2/c1-19-17-34(18-20(2)36-19)25-14-10-23(11-15-25)28-16-32-29-26(22-8-12-24(31-4)13-9-22)6-5-7-27(29)30(28)33-21(3)35/h5-16,19-20H,17-18H2,1-3H3,(H,32,33,35)/t19-,20+. The highest BCUT2D eigenvalue weighted by molar-refractivity contribution is 6.09. The number of aromatic nitrogens is 1. The summed E-state index contributed by atoms with van der Waals surface area (Å²) in [6.07, 6.45) is 2.21. The molecule has 1 N–H and O–H groups in total. The summed E-state index contributed by atoms with van der Waals surface area (Å²) in [5, 5.41) is 3.93. The lowest BCUT2D eigenvalue weighted by Crippen LogP contribution is -2.45. The van der Waals surface area contributed by atoms with Gasteiger partial charge < -0.3 is 15.0 Å². The molecule has 6 heteroatoms. The van der Waals surface area contributed by atoms with Crippen LogP contribution in [-0.2, 0) is 9.53 Å². The topological polar surface area (TPSA) is 58.8 Å². The van der Waals surface area contributed by atoms with Gasteiger partial charge in [0.25, 0.3) is 0 Å². The van der Waals surface area contributed by atoms with Crippen molar-refractivity contribution in [3.8, 4) is 22.3 Å². The summed E-state index contributed by atoms with van der Waals surface area (Å²) in [6.45, 7) is 14.6. The van der Waals surface area contributed by atoms with Gasteiger partial charge in [-0.1, -0.05) is 54.6 Å². The molecule has 0 radical (unpaired) electrons. The number of fused-ring (bicyclic) bond motifs is 1. The molecule has 1 aliphatic rings. The van der Waals surface area contributed by atoms with Gasteiger partial charge in [0.15, 0.2) is 5.69 Å². The van der Waals surface area contributed by atoms with Gasteiger partial charge >= 0.3 is 0 Å². The maximum atomic E-state index is 12.2. The fraction of sp³-hybridized carbons (Fsp3) is 0.233. The number of nitrogens with zero attached hydrogens (tertiary/aromatic N) is 3. The number of benzene rings is 3. The highest BCUT2D eigenvalue weighted by Crippen LogP contribution is 2.38. The molecule has 5 rings (SSSR count). The van der Waals surface area contributed by atoms with E-state index in [4.69, 9.17) is 16.3 Å². The van der Waals surface area contributed by atoms with Crippen molar-refractivity contribution in [2.24, 2.45) is 0 Å². The quantitative estimate of drug-likeness (QED) is 0.333. The van der Waals surface area contributed by atoms with E-state index >= 15 is 0 Å². The van der Waals surface area contributed by atoms with Crippen LogP contribution < -0.4 is 10.2 Å². The van der Waals surface area contributed by atoms with Crippen LogP contribution in [0.2, 0.25) is 0 Å². The first kappa shape index (κ1) is 23.5. The maximum Gasteiger partial charge on any atom is 0.221 e. The predicted octanol–water partition coefficient (Wildman–Crippen LogP) is 6.69. The summed E-state index contributed by atoms with van der Waals surface area (Å²) < 4.78 is 5.87. The van der Waals surface area contributed by atoms with Gasteiger partial charge in [-0.05, 0) is 37.1 Å². The Morgan fingerprint density at radius 2 is 1.61 bits per heavy atom. The lowest BCUT2D eigenvalue weighted by molar-refractivity contribution is -0.114. The SMILES string of the molecule is [C-]#[N+]c1ccc(-c2cccc3c(NC(C)=O)c(-c4ccc(N5C[C@@H](C)O[C@@H](C)C5)cc4)cnc23)cc1. The molecule has 1 fully saturated rings. The zero-order chi connectivity index (χ0) is 25.2. The molecule has 36 heavy (non-hydrogen) atoms. The monoisotopic (exact) mass is 476 g/mol. The third-order valence-electron chi connectivity index (χ3n) is 6.47. The fourth-order valence-corrected chi connectivity index (χ4v) is 4.94. The Labute approximate surface area is 211 Å². The van der Waals surface area contributed by atoms with Crippen LogP contribution in [0.1, 0.15) is 20.8 Å². The lowest BCUT2D eigenvalue weighted by Gasteiger charge is -2.36. The third-order valence-corrected chi connectivity index (χ3v) is 6.47. The zero-order valence-electron chi connectivity index (χ0n) is 20.7. The molecule has 0 aliphatic carbocycles. The molecule has 1 aromatic heterocycles. The van der Waals surface area contributed by atoms with Crippen LogP contribution in [0.25, 0.3) is 38.0 Å². The first-order chi connectivity index (χ1) is 17.4. The van der Waals surface area contributed by atoms with Crippen LogP contribution >= 0.6 is 0 Å². The lowest BCUT2D eigenvalue weighted by atomic mass is 9.97. The predicted molar refractivity (Wildman–Crippen MR) is 145 cm³/mol. The minimum Gasteiger partial charge on any atom is -0.372 e. The van der Waals surface area contributed by atoms with Gasteiger partial charge in [0.2, 0.25) is 5.91 Å². The van der Waals surface area contributed by atoms with Crippen LogP contribution in [0, 0.1) is 6.57 Å². The number of hydrogen-bond acceptors (Lipinski definition) is 4. The van der Waals surface area contributed by atoms with E-state index in [1.165, 1.54) is 6.92 Å². The number of amides is 1. The fourth-order valence-electron chi connectivity index (χ4n) is 4.94. The van der Waals surface area contributed by atoms with Gasteiger partial charge in [-0.15, -0.1) is 0 Å². The molecule has 0 bridgehead atoms. The third kappa shape index (κ3) is 4.66. The minimum atomic E-state index is -0.136. The minimum absolute atomic E-state index is 0.136. The molecule has 1 aliphatic heterocycles. The van der Waals surface area contributed by atoms with Gasteiger partial charge in [-0.25, -0.2) is 4.85 Å². The van der Waals surface area contributed by atoms with Crippen molar-refractivity contribution >= 4 is 33.9 Å². The molecule has 6 nitrogen and oxygen atoms in total. The number of para-hydroxylation sites is 1. The summed E-state index contributed by atoms with van der Waals surface area (Å²) in [5.41, 5.74) is 7.07. The van der Waals surface area contributed by atoms with Crippen molar-refractivity contribution in [3.05, 3.63) is 84.3 Å². The number of ether oxygens (including phenoxy) is 1. The molecule has 2 atom stereocenters. The summed E-state index contributed by atoms with van der Waals surface area (Å²) in [6, 6.07) is 21.9. The van der Waals surface area contributed by atoms with E-state index in [9.17, 15) is 4.79 Å². The van der Waals surface area contributed by atoms with Gasteiger partial charge in [0, 0.05) is 48.4 Å². The van der Waals surface area contributed by atoms with Crippen molar-refractivity contribution in [3.63, 3.8) is 0 Å². The van der Waals surface area contributed by atoms with Gasteiger partial charge in [-0.2, -0.15) is 0 Å². The highest BCUT2D eigenvalue weighted by Gasteiger charge is 2.22. The Kier molecular flexibility index (Phi) is 6.41. The van der Waals surface area contributed by atoms with E-state index in [0.717, 1.165) is 57.6 Å². The second-order valence-corrected chi connectivity index (χ2v) is 9.30. The molecule has 4 aromatic rings. The molecular formula is C30H28N4O2. The average molecular weight is 477 g/mol. The van der Waals surface area contributed by atoms with E-state index in [-0.39, 0.29) is 18.1 Å². The van der Waals surface area contributed by atoms with Crippen molar-refractivity contribution in [2.75, 3.05) is 23.3 Å². The number of carbonyl (C=O) groups is 1. The number of anilines is 2. The molecule has 1 amide bonds. The summed E-state index contributed by atoms with van der Waals surface area (Å²) in [7, 11) is 0. The first-order valence-corrected chi connectivity index (χ1v) is 12.1. The van der Waals surface area contributed by atoms with Crippen LogP contribution in [0.3, 0.4) is 0 Å². The Morgan fingerprint density at radius 1 is 0.972 bits per heavy atom. The largest absolute Gasteiger partial charge is 0.372 e. The molecule has 3 aromatic carbocycles. The summed E-state index contributed by atoms with van der Waals surface area (Å²) in [4.78, 5) is 22.9. The molecule has 2 heterocycles. The second kappa shape index (κ2) is 9.80. The number of pyridine rings is 1. The van der Waals surface area contributed by atoms with Crippen molar-refractivity contribution in [1.82, 2.24) is 4.98 Å². The number of nitrogens with one attached hydrogen (secondary N) is 1. The number of hydrogen-bond donors (Lipinski definition) is 1. The Morgan fingerprint density at radius 3 is 2.25 bits per heavy atom. The zero-order valence-corrected chi connectivity index (χ0v) is 20.7. The first-order valence-electron chi connectivity index (χ1n) is 12.1. The van der Waals surface area contributed by atoms with Gasteiger partial charge in [-0.3, -0.25) is 9.78 Å². The number of morpholine rings is 1.